The molecular weight excluding hydrogens is 256 g/mol. The maximum atomic E-state index is 10.7. The third kappa shape index (κ3) is 3.46. The smallest absolute Gasteiger partial charge is 0.371 e. The molecule has 0 radical (unpaired) electrons. The van der Waals surface area contributed by atoms with Gasteiger partial charge in [-0.15, -0.1) is 0 Å². The van der Waals surface area contributed by atoms with Gasteiger partial charge in [-0.05, 0) is 36.9 Å². The van der Waals surface area contributed by atoms with Crippen LogP contribution in [0.4, 0.5) is 0 Å². The Labute approximate surface area is 116 Å². The van der Waals surface area contributed by atoms with Crippen LogP contribution in [-0.2, 0) is 13.1 Å². The predicted octanol–water partition coefficient (Wildman–Crippen LogP) is 2.48. The highest BCUT2D eigenvalue weighted by Gasteiger charge is 2.10. The van der Waals surface area contributed by atoms with Crippen molar-refractivity contribution in [3.05, 3.63) is 59.0 Å². The first-order chi connectivity index (χ1) is 9.58. The molecule has 0 aliphatic heterocycles. The number of benzene rings is 1. The minimum atomic E-state index is -1.07. The molecular formula is C15H14N2O3. The molecule has 0 aliphatic rings. The van der Waals surface area contributed by atoms with Crippen LogP contribution >= 0.6 is 0 Å². The summed E-state index contributed by atoms with van der Waals surface area (Å²) < 4.78 is 5.20. The van der Waals surface area contributed by atoms with E-state index in [1.807, 2.05) is 30.1 Å². The van der Waals surface area contributed by atoms with Gasteiger partial charge in [0.15, 0.2) is 0 Å². The van der Waals surface area contributed by atoms with Crippen molar-refractivity contribution < 1.29 is 14.3 Å². The molecule has 0 fully saturated rings. The molecule has 0 aliphatic carbocycles. The fraction of sp³-hybridized carbons (Fsp3) is 0.200. The van der Waals surface area contributed by atoms with Crippen molar-refractivity contribution in [1.82, 2.24) is 4.90 Å². The lowest BCUT2D eigenvalue weighted by molar-refractivity contribution is 0.0658. The Morgan fingerprint density at radius 2 is 2.15 bits per heavy atom. The average Bonchev–Trinajstić information content (AvgIpc) is 2.87. The molecule has 0 atom stereocenters. The largest absolute Gasteiger partial charge is 0.475 e. The van der Waals surface area contributed by atoms with Gasteiger partial charge in [-0.3, -0.25) is 4.90 Å². The van der Waals surface area contributed by atoms with E-state index in [1.54, 1.807) is 12.1 Å². The molecule has 1 heterocycles. The van der Waals surface area contributed by atoms with E-state index in [0.717, 1.165) is 5.56 Å². The van der Waals surface area contributed by atoms with Gasteiger partial charge in [0.05, 0.1) is 18.2 Å². The van der Waals surface area contributed by atoms with Crippen molar-refractivity contribution >= 4 is 5.97 Å². The van der Waals surface area contributed by atoms with Gasteiger partial charge >= 0.3 is 5.97 Å². The molecule has 20 heavy (non-hydrogen) atoms. The molecule has 1 aromatic heterocycles. The third-order valence-electron chi connectivity index (χ3n) is 2.81. The van der Waals surface area contributed by atoms with Gasteiger partial charge in [0, 0.05) is 6.54 Å². The van der Waals surface area contributed by atoms with E-state index in [-0.39, 0.29) is 5.76 Å². The Hall–Kier alpha value is -2.58. The highest BCUT2D eigenvalue weighted by Crippen LogP contribution is 2.12. The van der Waals surface area contributed by atoms with Crippen molar-refractivity contribution in [3.63, 3.8) is 0 Å². The summed E-state index contributed by atoms with van der Waals surface area (Å²) in [5.41, 5.74) is 1.65. The third-order valence-corrected chi connectivity index (χ3v) is 2.81. The van der Waals surface area contributed by atoms with Crippen molar-refractivity contribution in [2.75, 3.05) is 7.05 Å². The van der Waals surface area contributed by atoms with E-state index in [4.69, 9.17) is 14.8 Å². The summed E-state index contributed by atoms with van der Waals surface area (Å²) in [6.45, 7) is 1.16. The van der Waals surface area contributed by atoms with E-state index >= 15 is 0 Å². The quantitative estimate of drug-likeness (QED) is 0.903. The minimum absolute atomic E-state index is 0.0557. The molecule has 2 rings (SSSR count). The lowest BCUT2D eigenvalue weighted by atomic mass is 10.1. The molecule has 1 aromatic carbocycles. The van der Waals surface area contributed by atoms with Gasteiger partial charge in [-0.2, -0.15) is 5.26 Å². The number of aromatic carboxylic acids is 1. The predicted molar refractivity (Wildman–Crippen MR) is 72.0 cm³/mol. The van der Waals surface area contributed by atoms with Crippen molar-refractivity contribution in [3.8, 4) is 6.07 Å². The Balaban J connectivity index is 1.99. The average molecular weight is 270 g/mol. The van der Waals surface area contributed by atoms with Crippen LogP contribution in [0, 0.1) is 11.3 Å². The van der Waals surface area contributed by atoms with E-state index in [1.165, 1.54) is 6.07 Å². The van der Waals surface area contributed by atoms with E-state index in [9.17, 15) is 4.79 Å². The van der Waals surface area contributed by atoms with Crippen LogP contribution in [0.3, 0.4) is 0 Å². The number of carbonyl (C=O) groups is 1. The fourth-order valence-electron chi connectivity index (χ4n) is 1.95. The molecule has 0 saturated carbocycles. The molecule has 0 bridgehead atoms. The molecule has 0 amide bonds. The van der Waals surface area contributed by atoms with Gasteiger partial charge in [0.2, 0.25) is 5.76 Å². The van der Waals surface area contributed by atoms with Crippen LogP contribution in [0.25, 0.3) is 0 Å². The molecule has 5 heteroatoms. The van der Waals surface area contributed by atoms with Crippen molar-refractivity contribution in [1.29, 1.82) is 5.26 Å². The zero-order chi connectivity index (χ0) is 14.5. The Bertz CT molecular complexity index is 655. The highest BCUT2D eigenvalue weighted by atomic mass is 16.4. The van der Waals surface area contributed by atoms with Gasteiger partial charge in [-0.25, -0.2) is 4.79 Å². The summed E-state index contributed by atoms with van der Waals surface area (Å²) in [7, 11) is 1.90. The first-order valence-corrected chi connectivity index (χ1v) is 6.08. The summed E-state index contributed by atoms with van der Waals surface area (Å²) in [4.78, 5) is 12.7. The number of rotatable bonds is 5. The molecule has 0 unspecified atom stereocenters. The summed E-state index contributed by atoms with van der Waals surface area (Å²) in [6.07, 6.45) is 0. The molecule has 0 saturated heterocycles. The summed E-state index contributed by atoms with van der Waals surface area (Å²) in [6, 6.07) is 12.6. The Kier molecular flexibility index (Phi) is 4.18. The number of hydrogen-bond donors (Lipinski definition) is 1. The SMILES string of the molecule is CN(Cc1cccc(C#N)c1)Cc1ccc(C(=O)O)o1. The van der Waals surface area contributed by atoms with Gasteiger partial charge in [0.25, 0.3) is 0 Å². The zero-order valence-corrected chi connectivity index (χ0v) is 11.0. The topological polar surface area (TPSA) is 77.5 Å². The normalized spacial score (nSPS) is 10.4. The second kappa shape index (κ2) is 6.04. The number of nitrogens with zero attached hydrogens (tertiary/aromatic N) is 2. The van der Waals surface area contributed by atoms with Crippen molar-refractivity contribution in [2.45, 2.75) is 13.1 Å². The minimum Gasteiger partial charge on any atom is -0.475 e. The van der Waals surface area contributed by atoms with Gasteiger partial charge < -0.3 is 9.52 Å². The number of nitriles is 1. The van der Waals surface area contributed by atoms with Crippen LogP contribution in [0.15, 0.2) is 40.8 Å². The number of carboxylic acid groups (broad SMARTS) is 1. The lowest BCUT2D eigenvalue weighted by Crippen LogP contribution is -2.16. The summed E-state index contributed by atoms with van der Waals surface area (Å²) >= 11 is 0. The number of furan rings is 1. The van der Waals surface area contributed by atoms with Crippen LogP contribution < -0.4 is 0 Å². The molecule has 5 nitrogen and oxygen atoms in total. The van der Waals surface area contributed by atoms with Gasteiger partial charge in [-0.1, -0.05) is 12.1 Å². The maximum absolute atomic E-state index is 10.7. The second-order valence-corrected chi connectivity index (χ2v) is 4.56. The van der Waals surface area contributed by atoms with E-state index in [0.29, 0.717) is 24.4 Å². The van der Waals surface area contributed by atoms with Crippen LogP contribution in [0.2, 0.25) is 0 Å². The highest BCUT2D eigenvalue weighted by molar-refractivity contribution is 5.84. The molecule has 2 aromatic rings. The maximum Gasteiger partial charge on any atom is 0.371 e. The standard InChI is InChI=1S/C15H14N2O3/c1-17(9-12-4-2-3-11(7-12)8-16)10-13-5-6-14(20-13)15(18)19/h2-7H,9-10H2,1H3,(H,18,19). The zero-order valence-electron chi connectivity index (χ0n) is 11.0. The van der Waals surface area contributed by atoms with Crippen LogP contribution in [0.1, 0.15) is 27.4 Å². The van der Waals surface area contributed by atoms with Crippen molar-refractivity contribution in [2.24, 2.45) is 0 Å². The fourth-order valence-corrected chi connectivity index (χ4v) is 1.95. The number of carboxylic acids is 1. The number of hydrogen-bond acceptors (Lipinski definition) is 4. The van der Waals surface area contributed by atoms with Gasteiger partial charge in [0.1, 0.15) is 5.76 Å². The lowest BCUT2D eigenvalue weighted by Gasteiger charge is -2.15. The second-order valence-electron chi connectivity index (χ2n) is 4.56. The van der Waals surface area contributed by atoms with Crippen LogP contribution in [-0.4, -0.2) is 23.0 Å². The van der Waals surface area contributed by atoms with Crippen LogP contribution in [0.5, 0.6) is 0 Å². The first-order valence-electron chi connectivity index (χ1n) is 6.08. The first kappa shape index (κ1) is 13.8. The molecule has 1 N–H and O–H groups in total. The summed E-state index contributed by atoms with van der Waals surface area (Å²) in [5, 5.41) is 17.6. The Morgan fingerprint density at radius 1 is 1.35 bits per heavy atom. The summed E-state index contributed by atoms with van der Waals surface area (Å²) in [5.74, 6) is -0.526. The molecule has 102 valence electrons. The van der Waals surface area contributed by atoms with E-state index < -0.39 is 5.97 Å². The Morgan fingerprint density at radius 3 is 2.80 bits per heavy atom. The van der Waals surface area contributed by atoms with E-state index in [2.05, 4.69) is 6.07 Å². The monoisotopic (exact) mass is 270 g/mol. The molecule has 0 spiro atoms.